The van der Waals surface area contributed by atoms with E-state index in [-0.39, 0.29) is 0 Å². The van der Waals surface area contributed by atoms with Crippen molar-refractivity contribution >= 4 is 0 Å². The second kappa shape index (κ2) is 6.55. The molecule has 1 aliphatic carbocycles. The highest BCUT2D eigenvalue weighted by atomic mass is 16.5. The van der Waals surface area contributed by atoms with Crippen molar-refractivity contribution in [2.45, 2.75) is 82.5 Å². The normalized spacial score (nSPS) is 36.2. The van der Waals surface area contributed by atoms with E-state index in [0.717, 1.165) is 31.3 Å². The van der Waals surface area contributed by atoms with E-state index in [1.165, 1.54) is 57.9 Å². The molecule has 3 nitrogen and oxygen atoms in total. The molecule has 19 heavy (non-hydrogen) atoms. The van der Waals surface area contributed by atoms with Gasteiger partial charge in [-0.2, -0.15) is 0 Å². The monoisotopic (exact) mass is 266 g/mol. The third kappa shape index (κ3) is 3.32. The lowest BCUT2D eigenvalue weighted by Crippen LogP contribution is -2.50. The van der Waals surface area contributed by atoms with Crippen LogP contribution >= 0.6 is 0 Å². The van der Waals surface area contributed by atoms with Crippen LogP contribution in [0.1, 0.15) is 58.3 Å². The number of nitrogens with zero attached hydrogens (tertiary/aromatic N) is 1. The maximum atomic E-state index is 6.05. The molecule has 2 atom stereocenters. The summed E-state index contributed by atoms with van der Waals surface area (Å²) in [6.45, 7) is 5.48. The van der Waals surface area contributed by atoms with Crippen LogP contribution < -0.4 is 5.32 Å². The van der Waals surface area contributed by atoms with Gasteiger partial charge in [0, 0.05) is 24.7 Å². The van der Waals surface area contributed by atoms with E-state index in [4.69, 9.17) is 4.74 Å². The number of nitrogens with one attached hydrogen (secondary N) is 1. The fourth-order valence-corrected chi connectivity index (χ4v) is 4.47. The zero-order valence-electron chi connectivity index (χ0n) is 12.4. The highest BCUT2D eigenvalue weighted by molar-refractivity contribution is 4.97. The molecule has 3 fully saturated rings. The molecule has 0 aromatic carbocycles. The smallest absolute Gasteiger partial charge is 0.0597 e. The van der Waals surface area contributed by atoms with Gasteiger partial charge in [-0.15, -0.1) is 0 Å². The van der Waals surface area contributed by atoms with Gasteiger partial charge in [0.1, 0.15) is 0 Å². The summed E-state index contributed by atoms with van der Waals surface area (Å²) in [5.41, 5.74) is 0. The van der Waals surface area contributed by atoms with Crippen LogP contribution in [0.2, 0.25) is 0 Å². The fourth-order valence-electron chi connectivity index (χ4n) is 4.47. The number of ether oxygens (including phenoxy) is 1. The lowest BCUT2D eigenvalue weighted by molar-refractivity contribution is 0.0205. The predicted molar refractivity (Wildman–Crippen MR) is 78.4 cm³/mol. The Morgan fingerprint density at radius 1 is 1.05 bits per heavy atom. The third-order valence-corrected chi connectivity index (χ3v) is 5.38. The molecule has 3 aliphatic rings. The number of fused-ring (bicyclic) bond motifs is 2. The van der Waals surface area contributed by atoms with Crippen LogP contribution in [0.15, 0.2) is 0 Å². The first-order valence-corrected chi connectivity index (χ1v) is 8.47. The minimum absolute atomic E-state index is 0.581. The average molecular weight is 266 g/mol. The highest BCUT2D eigenvalue weighted by Gasteiger charge is 2.39. The quantitative estimate of drug-likeness (QED) is 0.799. The van der Waals surface area contributed by atoms with Crippen molar-refractivity contribution in [1.29, 1.82) is 0 Å². The summed E-state index contributed by atoms with van der Waals surface area (Å²) in [4.78, 5) is 2.75. The zero-order valence-corrected chi connectivity index (χ0v) is 12.4. The molecule has 0 radical (unpaired) electrons. The molecule has 3 rings (SSSR count). The van der Waals surface area contributed by atoms with Crippen LogP contribution in [0.3, 0.4) is 0 Å². The Kier molecular flexibility index (Phi) is 4.78. The molecule has 2 heterocycles. The van der Waals surface area contributed by atoms with Gasteiger partial charge < -0.3 is 10.1 Å². The minimum Gasteiger partial charge on any atom is -0.377 e. The molecule has 2 unspecified atom stereocenters. The highest BCUT2D eigenvalue weighted by Crippen LogP contribution is 2.35. The molecular weight excluding hydrogens is 236 g/mol. The van der Waals surface area contributed by atoms with Crippen LogP contribution in [0.5, 0.6) is 0 Å². The Bertz CT molecular complexity index is 264. The molecule has 110 valence electrons. The van der Waals surface area contributed by atoms with Crippen LogP contribution in [0.4, 0.5) is 0 Å². The molecule has 0 aromatic heterocycles. The van der Waals surface area contributed by atoms with Gasteiger partial charge in [0.05, 0.1) is 12.7 Å². The second-order valence-corrected chi connectivity index (χ2v) is 6.63. The Morgan fingerprint density at radius 2 is 1.74 bits per heavy atom. The van der Waals surface area contributed by atoms with Gasteiger partial charge in [-0.3, -0.25) is 4.90 Å². The van der Waals surface area contributed by atoms with Gasteiger partial charge in [-0.25, -0.2) is 0 Å². The van der Waals surface area contributed by atoms with Crippen molar-refractivity contribution in [3.8, 4) is 0 Å². The first-order chi connectivity index (χ1) is 9.36. The molecule has 2 bridgehead atoms. The lowest BCUT2D eigenvalue weighted by Gasteiger charge is -2.39. The predicted octanol–water partition coefficient (Wildman–Crippen LogP) is 2.55. The molecule has 2 aliphatic heterocycles. The van der Waals surface area contributed by atoms with Gasteiger partial charge in [-0.05, 0) is 45.1 Å². The van der Waals surface area contributed by atoms with Gasteiger partial charge in [0.25, 0.3) is 0 Å². The van der Waals surface area contributed by atoms with Crippen LogP contribution in [-0.4, -0.2) is 48.8 Å². The van der Waals surface area contributed by atoms with Crippen molar-refractivity contribution in [3.05, 3.63) is 0 Å². The Balaban J connectivity index is 1.42. The van der Waals surface area contributed by atoms with E-state index in [0.29, 0.717) is 6.10 Å². The lowest BCUT2D eigenvalue weighted by atomic mass is 9.97. The Hall–Kier alpha value is -0.120. The summed E-state index contributed by atoms with van der Waals surface area (Å²) in [6.07, 6.45) is 11.5. The largest absolute Gasteiger partial charge is 0.377 e. The standard InChI is InChI=1S/C16H30N2O/c1-2-17-13-11-14-7-8-15(12-13)18(14)9-10-19-16-5-3-4-6-16/h13-17H,2-12H2,1H3. The van der Waals surface area contributed by atoms with Crippen molar-refractivity contribution in [1.82, 2.24) is 10.2 Å². The van der Waals surface area contributed by atoms with Gasteiger partial charge in [0.2, 0.25) is 0 Å². The van der Waals surface area contributed by atoms with Crippen molar-refractivity contribution in [2.75, 3.05) is 19.7 Å². The molecule has 1 N–H and O–H groups in total. The number of piperidine rings is 1. The summed E-state index contributed by atoms with van der Waals surface area (Å²) in [6, 6.07) is 2.43. The number of hydrogen-bond acceptors (Lipinski definition) is 3. The second-order valence-electron chi connectivity index (χ2n) is 6.63. The average Bonchev–Trinajstić information content (AvgIpc) is 2.98. The number of hydrogen-bond donors (Lipinski definition) is 1. The van der Waals surface area contributed by atoms with E-state index in [1.54, 1.807) is 0 Å². The maximum absolute atomic E-state index is 6.05. The summed E-state index contributed by atoms with van der Waals surface area (Å²) in [5, 5.41) is 3.65. The van der Waals surface area contributed by atoms with Crippen molar-refractivity contribution < 1.29 is 4.74 Å². The topological polar surface area (TPSA) is 24.5 Å². The van der Waals surface area contributed by atoms with Crippen LogP contribution in [0, 0.1) is 0 Å². The fraction of sp³-hybridized carbons (Fsp3) is 1.00. The first-order valence-electron chi connectivity index (χ1n) is 8.47. The van der Waals surface area contributed by atoms with E-state index >= 15 is 0 Å². The molecule has 2 saturated heterocycles. The van der Waals surface area contributed by atoms with Gasteiger partial charge >= 0.3 is 0 Å². The molecule has 0 aromatic rings. The molecule has 3 heteroatoms. The van der Waals surface area contributed by atoms with Crippen LogP contribution in [0.25, 0.3) is 0 Å². The van der Waals surface area contributed by atoms with E-state index in [2.05, 4.69) is 17.1 Å². The summed E-state index contributed by atoms with van der Waals surface area (Å²) in [7, 11) is 0. The zero-order chi connectivity index (χ0) is 13.1. The third-order valence-electron chi connectivity index (χ3n) is 5.38. The molecule has 0 spiro atoms. The Morgan fingerprint density at radius 3 is 2.37 bits per heavy atom. The van der Waals surface area contributed by atoms with E-state index in [1.807, 2.05) is 0 Å². The number of rotatable bonds is 6. The summed E-state index contributed by atoms with van der Waals surface area (Å²) in [5.74, 6) is 0. The van der Waals surface area contributed by atoms with Gasteiger partial charge in [0.15, 0.2) is 0 Å². The maximum Gasteiger partial charge on any atom is 0.0597 e. The van der Waals surface area contributed by atoms with Crippen molar-refractivity contribution in [2.24, 2.45) is 0 Å². The molecule has 1 saturated carbocycles. The molecular formula is C16H30N2O. The molecule has 0 amide bonds. The first kappa shape index (κ1) is 13.8. The summed E-state index contributed by atoms with van der Waals surface area (Å²) < 4.78 is 6.05. The minimum atomic E-state index is 0.581. The van der Waals surface area contributed by atoms with Crippen LogP contribution in [-0.2, 0) is 4.74 Å². The van der Waals surface area contributed by atoms with E-state index in [9.17, 15) is 0 Å². The van der Waals surface area contributed by atoms with Crippen molar-refractivity contribution in [3.63, 3.8) is 0 Å². The van der Waals surface area contributed by atoms with E-state index < -0.39 is 0 Å². The summed E-state index contributed by atoms with van der Waals surface area (Å²) >= 11 is 0. The van der Waals surface area contributed by atoms with Gasteiger partial charge in [-0.1, -0.05) is 19.8 Å². The SMILES string of the molecule is CCNC1CC2CCC(C1)N2CCOC1CCCC1. The Labute approximate surface area is 118 Å².